The number of hydrogen-bond acceptors (Lipinski definition) is 6. The van der Waals surface area contributed by atoms with Crippen LogP contribution in [0.5, 0.6) is 11.5 Å². The van der Waals surface area contributed by atoms with Crippen LogP contribution in [0, 0.1) is 0 Å². The molecule has 6 nitrogen and oxygen atoms in total. The summed E-state index contributed by atoms with van der Waals surface area (Å²) in [6.07, 6.45) is 1.61. The van der Waals surface area contributed by atoms with E-state index in [4.69, 9.17) is 42.3 Å². The van der Waals surface area contributed by atoms with Crippen molar-refractivity contribution < 1.29 is 23.8 Å². The molecule has 0 aliphatic carbocycles. The molecular weight excluding hydrogens is 417 g/mol. The third-order valence-electron chi connectivity index (χ3n) is 3.76. The van der Waals surface area contributed by atoms with Gasteiger partial charge in [0.25, 0.3) is 0 Å². The second kappa shape index (κ2) is 11.3. The Labute approximate surface area is 179 Å². The van der Waals surface area contributed by atoms with Gasteiger partial charge in [0.1, 0.15) is 18.2 Å². The van der Waals surface area contributed by atoms with E-state index >= 15 is 0 Å². The molecule has 0 atom stereocenters. The molecule has 0 heterocycles. The maximum atomic E-state index is 12.1. The van der Waals surface area contributed by atoms with Crippen LogP contribution in [0.1, 0.15) is 23.6 Å². The fourth-order valence-corrected chi connectivity index (χ4v) is 2.80. The highest BCUT2D eigenvalue weighted by Crippen LogP contribution is 2.31. The maximum Gasteiger partial charge on any atom is 0.360 e. The van der Waals surface area contributed by atoms with Crippen molar-refractivity contribution in [2.24, 2.45) is 5.16 Å². The molecule has 0 saturated heterocycles. The van der Waals surface area contributed by atoms with Crippen LogP contribution in [0.3, 0.4) is 0 Å². The first-order chi connectivity index (χ1) is 14.0. The first-order valence-corrected chi connectivity index (χ1v) is 9.45. The Balaban J connectivity index is 2.32. The van der Waals surface area contributed by atoms with Gasteiger partial charge < -0.3 is 19.0 Å². The molecule has 2 rings (SSSR count). The number of nitrogens with zero attached hydrogens (tertiary/aromatic N) is 1. The molecule has 0 amide bonds. The summed E-state index contributed by atoms with van der Waals surface area (Å²) < 4.78 is 16.6. The number of rotatable bonds is 9. The second-order valence-electron chi connectivity index (χ2n) is 5.63. The van der Waals surface area contributed by atoms with E-state index in [1.54, 1.807) is 36.4 Å². The minimum Gasteiger partial charge on any atom is -0.490 e. The van der Waals surface area contributed by atoms with Gasteiger partial charge in [0.2, 0.25) is 0 Å². The van der Waals surface area contributed by atoms with Gasteiger partial charge in [-0.05, 0) is 36.3 Å². The zero-order valence-corrected chi connectivity index (χ0v) is 17.8. The fraction of sp³-hybridized carbons (Fsp3) is 0.238. The third-order valence-corrected chi connectivity index (χ3v) is 3.98. The normalized spacial score (nSPS) is 10.9. The first kappa shape index (κ1) is 22.6. The quantitative estimate of drug-likeness (QED) is 0.315. The smallest absolute Gasteiger partial charge is 0.360 e. The summed E-state index contributed by atoms with van der Waals surface area (Å²) in [6.45, 7) is 2.50. The van der Waals surface area contributed by atoms with Gasteiger partial charge in [-0.1, -0.05) is 58.7 Å². The van der Waals surface area contributed by atoms with Gasteiger partial charge in [0.05, 0.1) is 13.7 Å². The maximum absolute atomic E-state index is 12.1. The van der Waals surface area contributed by atoms with E-state index in [1.807, 2.05) is 19.1 Å². The van der Waals surface area contributed by atoms with E-state index in [0.717, 1.165) is 11.1 Å². The Morgan fingerprint density at radius 3 is 2.48 bits per heavy atom. The van der Waals surface area contributed by atoms with Crippen molar-refractivity contribution in [3.63, 3.8) is 0 Å². The highest BCUT2D eigenvalue weighted by Gasteiger charge is 2.19. The third kappa shape index (κ3) is 6.41. The summed E-state index contributed by atoms with van der Waals surface area (Å²) in [5, 5.41) is 3.80. The predicted octanol–water partition coefficient (Wildman–Crippen LogP) is 4.96. The van der Waals surface area contributed by atoms with E-state index in [1.165, 1.54) is 14.2 Å². The Morgan fingerprint density at radius 1 is 1.07 bits per heavy atom. The molecule has 0 saturated carbocycles. The molecule has 0 N–H and O–H groups in total. The van der Waals surface area contributed by atoms with Gasteiger partial charge in [-0.3, -0.25) is 0 Å². The zero-order chi connectivity index (χ0) is 21.2. The van der Waals surface area contributed by atoms with Gasteiger partial charge in [-0.15, -0.1) is 0 Å². The monoisotopic (exact) mass is 437 g/mol. The zero-order valence-electron chi connectivity index (χ0n) is 16.3. The average molecular weight is 438 g/mol. The number of carbonyl (C=O) groups is 1. The van der Waals surface area contributed by atoms with Crippen LogP contribution >= 0.6 is 23.2 Å². The van der Waals surface area contributed by atoms with Crippen LogP contribution < -0.4 is 9.47 Å². The van der Waals surface area contributed by atoms with Crippen LogP contribution in [-0.4, -0.2) is 32.5 Å². The number of hydrogen-bond donors (Lipinski definition) is 0. The number of benzene rings is 2. The number of ether oxygens (including phenoxy) is 3. The molecule has 154 valence electrons. The molecule has 0 spiro atoms. The summed E-state index contributed by atoms with van der Waals surface area (Å²) in [5.74, 6) is 0.475. The van der Waals surface area contributed by atoms with E-state index in [-0.39, 0.29) is 16.8 Å². The molecule has 0 fully saturated rings. The second-order valence-corrected chi connectivity index (χ2v) is 6.64. The van der Waals surface area contributed by atoms with Crippen molar-refractivity contribution in [3.8, 4) is 11.5 Å². The van der Waals surface area contributed by atoms with Crippen molar-refractivity contribution in [3.05, 3.63) is 63.6 Å². The summed E-state index contributed by atoms with van der Waals surface area (Å²) in [7, 11) is 2.64. The average Bonchev–Trinajstić information content (AvgIpc) is 2.71. The molecular formula is C21H21Cl2NO5. The van der Waals surface area contributed by atoms with Crippen molar-refractivity contribution in [2.75, 3.05) is 20.8 Å². The van der Waals surface area contributed by atoms with Gasteiger partial charge >= 0.3 is 5.97 Å². The number of carbonyl (C=O) groups excluding carboxylic acids is 1. The number of halogens is 2. The Kier molecular flexibility index (Phi) is 8.83. The lowest BCUT2D eigenvalue weighted by Gasteiger charge is -2.15. The summed E-state index contributed by atoms with van der Waals surface area (Å²) in [6, 6.07) is 12.5. The number of esters is 1. The van der Waals surface area contributed by atoms with Crippen molar-refractivity contribution in [1.82, 2.24) is 0 Å². The van der Waals surface area contributed by atoms with E-state index in [2.05, 4.69) is 5.16 Å². The first-order valence-electron chi connectivity index (χ1n) is 8.70. The summed E-state index contributed by atoms with van der Waals surface area (Å²) in [5.41, 5.74) is 2.11. The minimum atomic E-state index is -0.608. The van der Waals surface area contributed by atoms with Gasteiger partial charge in [-0.2, -0.15) is 0 Å². The largest absolute Gasteiger partial charge is 0.490 e. The standard InChI is InChI=1S/C21H21Cl2NO5/c1-4-28-18-11-14(12-19(22)23)9-10-17(18)29-13-15-7-5-6-8-16(15)20(24-27-3)21(25)26-2/h5-12H,4,13H2,1-3H3. The van der Waals surface area contributed by atoms with Crippen molar-refractivity contribution in [1.29, 1.82) is 0 Å². The van der Waals surface area contributed by atoms with E-state index < -0.39 is 5.97 Å². The van der Waals surface area contributed by atoms with Crippen LogP contribution in [0.2, 0.25) is 0 Å². The number of methoxy groups -OCH3 is 1. The topological polar surface area (TPSA) is 66.3 Å². The fourth-order valence-electron chi connectivity index (χ4n) is 2.55. The molecule has 29 heavy (non-hydrogen) atoms. The summed E-state index contributed by atoms with van der Waals surface area (Å²) >= 11 is 11.5. The lowest BCUT2D eigenvalue weighted by atomic mass is 10.0. The minimum absolute atomic E-state index is 0.0523. The van der Waals surface area contributed by atoms with Gasteiger partial charge in [0.15, 0.2) is 17.2 Å². The van der Waals surface area contributed by atoms with Crippen molar-refractivity contribution in [2.45, 2.75) is 13.5 Å². The van der Waals surface area contributed by atoms with Crippen LogP contribution in [0.15, 0.2) is 52.1 Å². The lowest BCUT2D eigenvalue weighted by Crippen LogP contribution is -2.19. The van der Waals surface area contributed by atoms with Crippen LogP contribution in [0.4, 0.5) is 0 Å². The van der Waals surface area contributed by atoms with Crippen molar-refractivity contribution >= 4 is 41.0 Å². The molecule has 2 aromatic rings. The Hall–Kier alpha value is -2.70. The molecule has 0 aliphatic rings. The van der Waals surface area contributed by atoms with Gasteiger partial charge in [0, 0.05) is 5.56 Å². The highest BCUT2D eigenvalue weighted by molar-refractivity contribution is 6.57. The molecule has 0 radical (unpaired) electrons. The van der Waals surface area contributed by atoms with E-state index in [9.17, 15) is 4.79 Å². The molecule has 0 aromatic heterocycles. The predicted molar refractivity (Wildman–Crippen MR) is 114 cm³/mol. The van der Waals surface area contributed by atoms with Crippen LogP contribution in [-0.2, 0) is 21.0 Å². The number of oxime groups is 1. The Bertz CT molecular complexity index is 908. The lowest BCUT2D eigenvalue weighted by molar-refractivity contribution is -0.132. The van der Waals surface area contributed by atoms with Crippen LogP contribution in [0.25, 0.3) is 6.08 Å². The SMILES string of the molecule is CCOc1cc(C=C(Cl)Cl)ccc1OCc1ccccc1C(=NOC)C(=O)OC. The van der Waals surface area contributed by atoms with E-state index in [0.29, 0.717) is 23.7 Å². The molecule has 2 aromatic carbocycles. The highest BCUT2D eigenvalue weighted by atomic mass is 35.5. The Morgan fingerprint density at radius 2 is 1.83 bits per heavy atom. The molecule has 8 heteroatoms. The molecule has 0 bridgehead atoms. The summed E-state index contributed by atoms with van der Waals surface area (Å²) in [4.78, 5) is 16.9. The molecule has 0 aliphatic heterocycles. The van der Waals surface area contributed by atoms with Gasteiger partial charge in [-0.25, -0.2) is 4.79 Å². The molecule has 0 unspecified atom stereocenters.